The highest BCUT2D eigenvalue weighted by molar-refractivity contribution is 5.99. The highest BCUT2D eigenvalue weighted by atomic mass is 19.4. The second kappa shape index (κ2) is 17.4. The fourth-order valence-corrected chi connectivity index (χ4v) is 6.06. The normalized spacial score (nSPS) is 14.3. The van der Waals surface area contributed by atoms with E-state index in [9.17, 15) is 41.1 Å². The number of hydrogen-bond donors (Lipinski definition) is 1. The van der Waals surface area contributed by atoms with Gasteiger partial charge in [-0.15, -0.1) is 5.10 Å². The molecule has 3 aromatic carbocycles. The van der Waals surface area contributed by atoms with Gasteiger partial charge in [0.05, 0.1) is 18.8 Å². The zero-order valence-electron chi connectivity index (χ0n) is 32.9. The number of rotatable bonds is 13. The number of benzene rings is 3. The van der Waals surface area contributed by atoms with E-state index in [0.29, 0.717) is 21.6 Å². The van der Waals surface area contributed by atoms with Gasteiger partial charge >= 0.3 is 18.2 Å². The van der Waals surface area contributed by atoms with Gasteiger partial charge < -0.3 is 24.8 Å². The van der Waals surface area contributed by atoms with Crippen molar-refractivity contribution < 1.29 is 55.3 Å². The van der Waals surface area contributed by atoms with Gasteiger partial charge in [-0.25, -0.2) is 23.0 Å². The van der Waals surface area contributed by atoms with Crippen molar-refractivity contribution in [2.24, 2.45) is 11.1 Å². The SMILES string of the molecule is C[C@@H](C(=O)Cc1ccc(-c2ccc3nc(N(C(=O)OCOC(=O)[C@@H](N)C(C)(C)C)c4ccc(C(=O)N5CC(F)C5)cc4OCC(F)(F)F)nn3c2)cc1)c1ccc(F)cc1. The van der Waals surface area contributed by atoms with Crippen LogP contribution in [0.5, 0.6) is 5.75 Å². The van der Waals surface area contributed by atoms with Crippen LogP contribution in [-0.4, -0.2) is 88.1 Å². The summed E-state index contributed by atoms with van der Waals surface area (Å²) in [6, 6.07) is 18.4. The molecule has 0 unspecified atom stereocenters. The second-order valence-electron chi connectivity index (χ2n) is 15.3. The van der Waals surface area contributed by atoms with Crippen LogP contribution in [0, 0.1) is 11.2 Å². The summed E-state index contributed by atoms with van der Waals surface area (Å²) >= 11 is 0. The maximum Gasteiger partial charge on any atom is 0.424 e. The van der Waals surface area contributed by atoms with E-state index in [1.165, 1.54) is 22.7 Å². The molecule has 60 heavy (non-hydrogen) atoms. The number of ketones is 1. The summed E-state index contributed by atoms with van der Waals surface area (Å²) in [5, 5.41) is 4.42. The average Bonchev–Trinajstić information content (AvgIpc) is 3.61. The Hall–Kier alpha value is -6.43. The third kappa shape index (κ3) is 10.2. The number of nitrogens with zero attached hydrogens (tertiary/aromatic N) is 5. The Morgan fingerprint density at radius 3 is 2.22 bits per heavy atom. The molecular weight excluding hydrogens is 795 g/mol. The van der Waals surface area contributed by atoms with Gasteiger partial charge in [-0.3, -0.25) is 14.4 Å². The Morgan fingerprint density at radius 2 is 1.58 bits per heavy atom. The molecule has 1 saturated heterocycles. The monoisotopic (exact) mass is 836 g/mol. The number of Topliss-reactive ketones (excluding diaryl/α,β-unsaturated/α-hetero) is 1. The Labute approximate surface area is 340 Å². The number of ether oxygens (including phenoxy) is 3. The number of anilines is 2. The molecule has 2 N–H and O–H groups in total. The Morgan fingerprint density at radius 1 is 0.917 bits per heavy atom. The third-order valence-electron chi connectivity index (χ3n) is 9.75. The van der Waals surface area contributed by atoms with Crippen LogP contribution in [0.4, 0.5) is 38.4 Å². The van der Waals surface area contributed by atoms with E-state index in [4.69, 9.17) is 19.9 Å². The van der Waals surface area contributed by atoms with Crippen LogP contribution >= 0.6 is 0 Å². The van der Waals surface area contributed by atoms with Crippen LogP contribution < -0.4 is 15.4 Å². The van der Waals surface area contributed by atoms with Gasteiger partial charge in [0, 0.05) is 29.7 Å². The standard InChI is InChI=1S/C42H41F5N6O7/c1-24(26-9-13-30(43)14-10-26)33(54)17-25-5-7-27(8-6-25)29-12-16-35-49-39(50-52(35)19-29)53(40(57)60-23-59-38(56)36(48)41(2,3)4)32-15-11-28(37(55)51-20-31(44)21-51)18-34(32)58-22-42(45,46)47/h5-16,18-19,24,31,36H,17,20-23,48H2,1-4H3/t24-,36-/m1/s1. The second-order valence-corrected chi connectivity index (χ2v) is 15.3. The lowest BCUT2D eigenvalue weighted by Gasteiger charge is -2.34. The number of esters is 1. The summed E-state index contributed by atoms with van der Waals surface area (Å²) in [6.45, 7) is 3.67. The molecule has 316 valence electrons. The van der Waals surface area contributed by atoms with Crippen molar-refractivity contribution in [2.75, 3.05) is 31.4 Å². The Bertz CT molecular complexity index is 2380. The molecule has 3 heterocycles. The molecule has 0 aliphatic carbocycles. The summed E-state index contributed by atoms with van der Waals surface area (Å²) in [7, 11) is 0. The van der Waals surface area contributed by atoms with E-state index >= 15 is 0 Å². The van der Waals surface area contributed by atoms with Crippen molar-refractivity contribution in [2.45, 2.75) is 58.4 Å². The molecule has 2 amide bonds. The minimum absolute atomic E-state index is 0.0556. The van der Waals surface area contributed by atoms with E-state index in [-0.39, 0.29) is 42.2 Å². The van der Waals surface area contributed by atoms with Crippen molar-refractivity contribution >= 4 is 41.0 Å². The highest BCUT2D eigenvalue weighted by Gasteiger charge is 2.35. The van der Waals surface area contributed by atoms with Crippen molar-refractivity contribution in [3.05, 3.63) is 108 Å². The Balaban J connectivity index is 1.30. The minimum atomic E-state index is -4.84. The van der Waals surface area contributed by atoms with Crippen molar-refractivity contribution in [3.8, 4) is 16.9 Å². The number of alkyl halides is 4. The van der Waals surface area contributed by atoms with Gasteiger partial charge in [0.15, 0.2) is 12.3 Å². The van der Waals surface area contributed by atoms with E-state index in [2.05, 4.69) is 10.1 Å². The molecule has 0 radical (unpaired) electrons. The van der Waals surface area contributed by atoms with Crippen LogP contribution in [-0.2, 0) is 25.5 Å². The first-order chi connectivity index (χ1) is 28.3. The van der Waals surface area contributed by atoms with Crippen LogP contribution in [0.2, 0.25) is 0 Å². The van der Waals surface area contributed by atoms with Gasteiger partial charge in [-0.2, -0.15) is 18.2 Å². The lowest BCUT2D eigenvalue weighted by molar-refractivity contribution is -0.156. The number of nitrogens with two attached hydrogens (primary N) is 1. The van der Waals surface area contributed by atoms with Gasteiger partial charge in [0.2, 0.25) is 6.79 Å². The molecule has 0 bridgehead atoms. The largest absolute Gasteiger partial charge is 0.482 e. The van der Waals surface area contributed by atoms with E-state index in [1.54, 1.807) is 82.4 Å². The number of carbonyl (C=O) groups excluding carboxylic acids is 4. The number of pyridine rings is 1. The maximum absolute atomic E-state index is 13.8. The van der Waals surface area contributed by atoms with Crippen molar-refractivity contribution in [3.63, 3.8) is 0 Å². The molecule has 1 fully saturated rings. The zero-order chi connectivity index (χ0) is 43.5. The third-order valence-corrected chi connectivity index (χ3v) is 9.75. The summed E-state index contributed by atoms with van der Waals surface area (Å²) in [5.41, 5.74) is 7.70. The lowest BCUT2D eigenvalue weighted by atomic mass is 9.87. The Kier molecular flexibility index (Phi) is 12.5. The zero-order valence-corrected chi connectivity index (χ0v) is 32.9. The van der Waals surface area contributed by atoms with Crippen molar-refractivity contribution in [1.29, 1.82) is 0 Å². The molecule has 0 spiro atoms. The summed E-state index contributed by atoms with van der Waals surface area (Å²) < 4.78 is 84.1. The highest BCUT2D eigenvalue weighted by Crippen LogP contribution is 2.36. The molecule has 5 aromatic rings. The topological polar surface area (TPSA) is 159 Å². The number of hydrogen-bond acceptors (Lipinski definition) is 10. The molecule has 6 rings (SSSR count). The number of amides is 2. The van der Waals surface area contributed by atoms with Crippen LogP contribution in [0.25, 0.3) is 16.8 Å². The number of fused-ring (bicyclic) bond motifs is 1. The summed E-state index contributed by atoms with van der Waals surface area (Å²) in [5.74, 6) is -3.46. The van der Waals surface area contributed by atoms with E-state index < -0.39 is 78.6 Å². The van der Waals surface area contributed by atoms with E-state index in [1.807, 2.05) is 0 Å². The summed E-state index contributed by atoms with van der Waals surface area (Å²) in [4.78, 5) is 58.6. The molecule has 2 aromatic heterocycles. The lowest BCUT2D eigenvalue weighted by Crippen LogP contribution is -2.51. The predicted octanol–water partition coefficient (Wildman–Crippen LogP) is 7.33. The van der Waals surface area contributed by atoms with Gasteiger partial charge in [0.25, 0.3) is 11.9 Å². The first-order valence-corrected chi connectivity index (χ1v) is 18.7. The van der Waals surface area contributed by atoms with Crippen LogP contribution in [0.15, 0.2) is 85.1 Å². The molecule has 1 aliphatic heterocycles. The quantitative estimate of drug-likeness (QED) is 0.0723. The van der Waals surface area contributed by atoms with E-state index in [0.717, 1.165) is 22.6 Å². The number of aromatic nitrogens is 3. The smallest absolute Gasteiger partial charge is 0.424 e. The van der Waals surface area contributed by atoms with Gasteiger partial charge in [0.1, 0.15) is 29.6 Å². The number of halogens is 5. The average molecular weight is 837 g/mol. The molecule has 2 atom stereocenters. The fourth-order valence-electron chi connectivity index (χ4n) is 6.06. The molecule has 13 nitrogen and oxygen atoms in total. The van der Waals surface area contributed by atoms with Crippen LogP contribution in [0.3, 0.4) is 0 Å². The molecular formula is C42H41F5N6O7. The molecule has 1 aliphatic rings. The first kappa shape index (κ1) is 43.2. The van der Waals surface area contributed by atoms with Crippen molar-refractivity contribution in [1.82, 2.24) is 19.5 Å². The predicted molar refractivity (Wildman–Crippen MR) is 208 cm³/mol. The first-order valence-electron chi connectivity index (χ1n) is 18.7. The maximum atomic E-state index is 13.8. The number of carbonyl (C=O) groups is 4. The minimum Gasteiger partial charge on any atom is -0.482 e. The van der Waals surface area contributed by atoms with Crippen LogP contribution in [0.1, 0.15) is 55.1 Å². The molecule has 0 saturated carbocycles. The molecule has 18 heteroatoms. The fraction of sp³-hybridized carbons (Fsp3) is 0.333. The number of likely N-dealkylation sites (tertiary alicyclic amines) is 1. The van der Waals surface area contributed by atoms with Gasteiger partial charge in [-0.05, 0) is 64.6 Å². The van der Waals surface area contributed by atoms with Gasteiger partial charge in [-0.1, -0.05) is 64.1 Å². The summed E-state index contributed by atoms with van der Waals surface area (Å²) in [6.07, 6.45) is -5.67.